The van der Waals surface area contributed by atoms with Crippen LogP contribution in [0.4, 0.5) is 11.4 Å². The van der Waals surface area contributed by atoms with E-state index in [2.05, 4.69) is 5.32 Å². The number of carbonyl (C=O) groups excluding carboxylic acids is 1. The minimum Gasteiger partial charge on any atom is -0.397 e. The molecule has 0 aliphatic carbocycles. The Hall–Kier alpha value is -2.33. The Bertz CT molecular complexity index is 509. The fourth-order valence-electron chi connectivity index (χ4n) is 1.46. The number of nitrogens with two attached hydrogens (primary N) is 2. The second-order valence-corrected chi connectivity index (χ2v) is 3.90. The Kier molecular flexibility index (Phi) is 6.12. The first kappa shape index (κ1) is 14.7. The number of benzene rings is 2. The van der Waals surface area contributed by atoms with Crippen molar-refractivity contribution in [2.45, 2.75) is 6.54 Å². The predicted octanol–water partition coefficient (Wildman–Crippen LogP) is 2.27. The molecule has 0 bridgehead atoms. The van der Waals surface area contributed by atoms with Gasteiger partial charge in [0.15, 0.2) is 0 Å². The van der Waals surface area contributed by atoms with E-state index in [0.29, 0.717) is 12.1 Å². The molecule has 100 valence electrons. The van der Waals surface area contributed by atoms with Crippen LogP contribution in [0.5, 0.6) is 0 Å². The summed E-state index contributed by atoms with van der Waals surface area (Å²) in [6.45, 7) is 0.527. The van der Waals surface area contributed by atoms with Gasteiger partial charge in [0.05, 0.1) is 11.4 Å². The highest BCUT2D eigenvalue weighted by atomic mass is 16.1. The zero-order valence-electron chi connectivity index (χ0n) is 11.0. The number of rotatable bonds is 3. The van der Waals surface area contributed by atoms with Crippen LogP contribution in [0.15, 0.2) is 48.5 Å². The summed E-state index contributed by atoms with van der Waals surface area (Å²) < 4.78 is 0. The van der Waals surface area contributed by atoms with Crippen LogP contribution >= 0.6 is 0 Å². The minimum absolute atomic E-state index is 0.527. The van der Waals surface area contributed by atoms with Crippen molar-refractivity contribution in [2.24, 2.45) is 5.73 Å². The number of hydrogen-bond acceptors (Lipinski definition) is 4. The number of hydrogen-bond donors (Lipinski definition) is 3. The van der Waals surface area contributed by atoms with E-state index >= 15 is 0 Å². The zero-order valence-corrected chi connectivity index (χ0v) is 11.0. The Morgan fingerprint density at radius 1 is 1.11 bits per heavy atom. The van der Waals surface area contributed by atoms with Gasteiger partial charge in [0.25, 0.3) is 0 Å². The number of anilines is 2. The standard InChI is InChI=1S/C8H9NO.C7H10N2/c9-5-7-1-3-8(6-10)4-2-7;1-9-7-5-3-2-4-6(7)8/h1-4,6H,5,9H2;2-5,9H,8H2,1H3. The lowest BCUT2D eigenvalue weighted by atomic mass is 10.1. The molecule has 0 fully saturated rings. The Morgan fingerprint density at radius 2 is 1.74 bits per heavy atom. The molecule has 2 aromatic carbocycles. The third-order valence-electron chi connectivity index (χ3n) is 2.58. The van der Waals surface area contributed by atoms with Crippen LogP contribution in [-0.2, 0) is 6.54 Å². The van der Waals surface area contributed by atoms with Gasteiger partial charge >= 0.3 is 0 Å². The maximum atomic E-state index is 10.2. The lowest BCUT2D eigenvalue weighted by Crippen LogP contribution is -1.95. The average Bonchev–Trinajstić information content (AvgIpc) is 2.48. The molecule has 5 N–H and O–H groups in total. The van der Waals surface area contributed by atoms with Crippen LogP contribution < -0.4 is 16.8 Å². The Balaban J connectivity index is 0.000000191. The van der Waals surface area contributed by atoms with E-state index in [-0.39, 0.29) is 0 Å². The van der Waals surface area contributed by atoms with Crippen LogP contribution in [0.1, 0.15) is 15.9 Å². The molecule has 0 aliphatic rings. The third-order valence-corrected chi connectivity index (χ3v) is 2.58. The first-order valence-corrected chi connectivity index (χ1v) is 5.97. The number of para-hydroxylation sites is 2. The molecule has 0 saturated heterocycles. The van der Waals surface area contributed by atoms with Crippen molar-refractivity contribution in [1.82, 2.24) is 0 Å². The molecule has 4 heteroatoms. The smallest absolute Gasteiger partial charge is 0.150 e. The fourth-order valence-corrected chi connectivity index (χ4v) is 1.46. The van der Waals surface area contributed by atoms with Crippen LogP contribution in [-0.4, -0.2) is 13.3 Å². The van der Waals surface area contributed by atoms with E-state index in [9.17, 15) is 4.79 Å². The first-order valence-electron chi connectivity index (χ1n) is 5.97. The number of nitrogen functional groups attached to an aromatic ring is 1. The Morgan fingerprint density at radius 3 is 2.16 bits per heavy atom. The van der Waals surface area contributed by atoms with Crippen LogP contribution in [0.3, 0.4) is 0 Å². The van der Waals surface area contributed by atoms with Crippen molar-refractivity contribution in [3.05, 3.63) is 59.7 Å². The molecule has 2 aromatic rings. The fraction of sp³-hybridized carbons (Fsp3) is 0.133. The number of aldehydes is 1. The topological polar surface area (TPSA) is 81.1 Å². The van der Waals surface area contributed by atoms with E-state index in [4.69, 9.17) is 11.5 Å². The van der Waals surface area contributed by atoms with E-state index in [0.717, 1.165) is 23.2 Å². The second-order valence-electron chi connectivity index (χ2n) is 3.90. The highest BCUT2D eigenvalue weighted by Gasteiger charge is 1.89. The van der Waals surface area contributed by atoms with E-state index in [1.807, 2.05) is 43.4 Å². The first-order chi connectivity index (χ1) is 9.21. The van der Waals surface area contributed by atoms with Gasteiger partial charge in [0, 0.05) is 19.2 Å². The van der Waals surface area contributed by atoms with Crippen molar-refractivity contribution < 1.29 is 4.79 Å². The maximum Gasteiger partial charge on any atom is 0.150 e. The van der Waals surface area contributed by atoms with E-state index in [1.165, 1.54) is 0 Å². The summed E-state index contributed by atoms with van der Waals surface area (Å²) in [4.78, 5) is 10.2. The largest absolute Gasteiger partial charge is 0.397 e. The van der Waals surface area contributed by atoms with Gasteiger partial charge in [-0.1, -0.05) is 36.4 Å². The molecule has 4 nitrogen and oxygen atoms in total. The molecule has 0 unspecified atom stereocenters. The quantitative estimate of drug-likeness (QED) is 0.582. The molecule has 0 spiro atoms. The molecular formula is C15H19N3O. The van der Waals surface area contributed by atoms with Gasteiger partial charge in [-0.15, -0.1) is 0 Å². The molecule has 0 radical (unpaired) electrons. The van der Waals surface area contributed by atoms with Gasteiger partial charge in [0.2, 0.25) is 0 Å². The van der Waals surface area contributed by atoms with Crippen LogP contribution in [0.2, 0.25) is 0 Å². The predicted molar refractivity (Wildman–Crippen MR) is 80.1 cm³/mol. The molecule has 19 heavy (non-hydrogen) atoms. The van der Waals surface area contributed by atoms with E-state index < -0.39 is 0 Å². The average molecular weight is 257 g/mol. The minimum atomic E-state index is 0.527. The molecule has 0 aliphatic heterocycles. The van der Waals surface area contributed by atoms with Crippen molar-refractivity contribution in [2.75, 3.05) is 18.1 Å². The normalized spacial score (nSPS) is 9.16. The van der Waals surface area contributed by atoms with Crippen molar-refractivity contribution in [3.8, 4) is 0 Å². The summed E-state index contributed by atoms with van der Waals surface area (Å²) in [5.41, 5.74) is 14.4. The van der Waals surface area contributed by atoms with Gasteiger partial charge in [0.1, 0.15) is 6.29 Å². The molecule has 0 atom stereocenters. The molecule has 0 aromatic heterocycles. The molecule has 0 amide bonds. The van der Waals surface area contributed by atoms with Crippen molar-refractivity contribution in [3.63, 3.8) is 0 Å². The lowest BCUT2D eigenvalue weighted by Gasteiger charge is -2.01. The summed E-state index contributed by atoms with van der Waals surface area (Å²) >= 11 is 0. The summed E-state index contributed by atoms with van der Waals surface area (Å²) in [7, 11) is 1.85. The van der Waals surface area contributed by atoms with Crippen molar-refractivity contribution >= 4 is 17.7 Å². The van der Waals surface area contributed by atoms with Gasteiger partial charge in [-0.25, -0.2) is 0 Å². The second kappa shape index (κ2) is 7.89. The molecule has 2 rings (SSSR count). The molecular weight excluding hydrogens is 238 g/mol. The Labute approximate surface area is 113 Å². The van der Waals surface area contributed by atoms with Crippen LogP contribution in [0.25, 0.3) is 0 Å². The summed E-state index contributed by atoms with van der Waals surface area (Å²) in [6, 6.07) is 14.9. The summed E-state index contributed by atoms with van der Waals surface area (Å²) in [6.07, 6.45) is 0.820. The van der Waals surface area contributed by atoms with Gasteiger partial charge in [-0.2, -0.15) is 0 Å². The highest BCUT2D eigenvalue weighted by molar-refractivity contribution is 5.74. The van der Waals surface area contributed by atoms with Gasteiger partial charge in [-0.05, 0) is 17.7 Å². The monoisotopic (exact) mass is 257 g/mol. The lowest BCUT2D eigenvalue weighted by molar-refractivity contribution is 0.112. The van der Waals surface area contributed by atoms with E-state index in [1.54, 1.807) is 12.1 Å². The SMILES string of the molecule is CNc1ccccc1N.NCc1ccc(C=O)cc1. The summed E-state index contributed by atoms with van der Waals surface area (Å²) in [5, 5.41) is 2.97. The number of nitrogens with one attached hydrogen (secondary N) is 1. The zero-order chi connectivity index (χ0) is 14.1. The van der Waals surface area contributed by atoms with Gasteiger partial charge in [-0.3, -0.25) is 4.79 Å². The number of carbonyl (C=O) groups is 1. The maximum absolute atomic E-state index is 10.2. The molecule has 0 saturated carbocycles. The van der Waals surface area contributed by atoms with Gasteiger partial charge < -0.3 is 16.8 Å². The molecule has 0 heterocycles. The summed E-state index contributed by atoms with van der Waals surface area (Å²) in [5.74, 6) is 0. The van der Waals surface area contributed by atoms with Crippen molar-refractivity contribution in [1.29, 1.82) is 0 Å². The van der Waals surface area contributed by atoms with Crippen LogP contribution in [0, 0.1) is 0 Å². The third kappa shape index (κ3) is 4.81. The highest BCUT2D eigenvalue weighted by Crippen LogP contribution is 2.14.